The number of nitrogens with zero attached hydrogens (tertiary/aromatic N) is 2. The maximum atomic E-state index is 4.13. The smallest absolute Gasteiger partial charge is 0.116 e. The molecule has 0 aliphatic heterocycles. The van der Waals surface area contributed by atoms with E-state index in [1.807, 2.05) is 31.2 Å². The fourth-order valence-electron chi connectivity index (χ4n) is 1.14. The van der Waals surface area contributed by atoms with E-state index in [4.69, 9.17) is 0 Å². The van der Waals surface area contributed by atoms with Crippen LogP contribution in [0.25, 0.3) is 10.9 Å². The van der Waals surface area contributed by atoms with Gasteiger partial charge in [0.2, 0.25) is 0 Å². The van der Waals surface area contributed by atoms with Gasteiger partial charge in [0.05, 0.1) is 5.52 Å². The lowest BCUT2D eigenvalue weighted by molar-refractivity contribution is 1.15. The average Bonchev–Trinajstić information content (AvgIpc) is 2.22. The number of hydrogen-bond acceptors (Lipinski definition) is 4. The van der Waals surface area contributed by atoms with Gasteiger partial charge in [-0.05, 0) is 13.0 Å². The molecule has 4 nitrogen and oxygen atoms in total. The van der Waals surface area contributed by atoms with Crippen LogP contribution >= 0.6 is 0 Å². The van der Waals surface area contributed by atoms with Crippen molar-refractivity contribution in [3.63, 3.8) is 0 Å². The molecule has 0 radical (unpaired) electrons. The summed E-state index contributed by atoms with van der Waals surface area (Å²) in [5, 5.41) is 1.13. The molecule has 4 heteroatoms. The molecule has 2 aromatic rings. The highest BCUT2D eigenvalue weighted by Gasteiger charge is 1.94. The number of hydrogen-bond donors (Lipinski definition) is 2. The van der Waals surface area contributed by atoms with Gasteiger partial charge in [-0.15, -0.1) is 0 Å². The lowest BCUT2D eigenvalue weighted by atomic mass is 10.2. The zero-order valence-electron chi connectivity index (χ0n) is 7.44. The van der Waals surface area contributed by atoms with Crippen LogP contribution in [0.2, 0.25) is 0 Å². The van der Waals surface area contributed by atoms with Crippen LogP contribution in [0.3, 0.4) is 0 Å². The first kappa shape index (κ1) is 9.57. The molecule has 2 rings (SSSR count). The molecule has 1 aromatic carbocycles. The van der Waals surface area contributed by atoms with Gasteiger partial charge in [0.15, 0.2) is 0 Å². The van der Waals surface area contributed by atoms with Gasteiger partial charge in [-0.25, -0.2) is 9.97 Å². The Labute approximate surface area is 76.6 Å². The Hall–Kier alpha value is -1.52. The van der Waals surface area contributed by atoms with E-state index in [9.17, 15) is 0 Å². The second-order valence-corrected chi connectivity index (χ2v) is 2.48. The van der Waals surface area contributed by atoms with Gasteiger partial charge in [-0.2, -0.15) is 0 Å². The van der Waals surface area contributed by atoms with Crippen LogP contribution in [0.5, 0.6) is 0 Å². The Morgan fingerprint density at radius 1 is 1.08 bits per heavy atom. The molecule has 1 aromatic heterocycles. The van der Waals surface area contributed by atoms with Crippen molar-refractivity contribution in [2.75, 3.05) is 0 Å². The third kappa shape index (κ3) is 1.99. The lowest BCUT2D eigenvalue weighted by Crippen LogP contribution is -2.02. The molecule has 0 spiro atoms. The van der Waals surface area contributed by atoms with Crippen LogP contribution in [-0.2, 0) is 0 Å². The van der Waals surface area contributed by atoms with Crippen molar-refractivity contribution >= 4 is 10.9 Å². The fraction of sp³-hybridized carbons (Fsp3) is 0.111. The molecular formula is C9H12N4. The summed E-state index contributed by atoms with van der Waals surface area (Å²) in [7, 11) is 0. The second kappa shape index (κ2) is 4.49. The number of aryl methyl sites for hydroxylation is 1. The molecule has 0 saturated heterocycles. The number of nitrogens with two attached hydrogens (primary N) is 2. The van der Waals surface area contributed by atoms with Gasteiger partial charge in [-0.1, -0.05) is 18.2 Å². The fourth-order valence-corrected chi connectivity index (χ4v) is 1.14. The van der Waals surface area contributed by atoms with Crippen LogP contribution in [0.4, 0.5) is 0 Å². The van der Waals surface area contributed by atoms with Crippen molar-refractivity contribution in [1.29, 1.82) is 0 Å². The predicted molar refractivity (Wildman–Crippen MR) is 52.6 cm³/mol. The number of para-hydroxylation sites is 1. The van der Waals surface area contributed by atoms with Gasteiger partial charge < -0.3 is 0 Å². The Bertz CT molecular complexity index is 381. The molecule has 4 N–H and O–H groups in total. The molecular weight excluding hydrogens is 164 g/mol. The highest BCUT2D eigenvalue weighted by molar-refractivity contribution is 5.80. The zero-order chi connectivity index (χ0) is 9.68. The first-order chi connectivity index (χ1) is 6.38. The number of rotatable bonds is 0. The quantitative estimate of drug-likeness (QED) is 0.459. The first-order valence-corrected chi connectivity index (χ1v) is 3.87. The van der Waals surface area contributed by atoms with E-state index in [0.717, 1.165) is 16.6 Å². The van der Waals surface area contributed by atoms with E-state index in [-0.39, 0.29) is 0 Å². The minimum Gasteiger partial charge on any atom is -0.274 e. The molecule has 13 heavy (non-hydrogen) atoms. The molecule has 0 bridgehead atoms. The molecule has 68 valence electrons. The van der Waals surface area contributed by atoms with E-state index in [1.54, 1.807) is 6.33 Å². The summed E-state index contributed by atoms with van der Waals surface area (Å²) in [6, 6.07) is 8.00. The van der Waals surface area contributed by atoms with E-state index >= 15 is 0 Å². The van der Waals surface area contributed by atoms with Crippen molar-refractivity contribution in [1.82, 2.24) is 9.97 Å². The highest BCUT2D eigenvalue weighted by atomic mass is 15.0. The zero-order valence-corrected chi connectivity index (χ0v) is 7.44. The van der Waals surface area contributed by atoms with Crippen molar-refractivity contribution in [2.45, 2.75) is 6.92 Å². The summed E-state index contributed by atoms with van der Waals surface area (Å²) in [5.41, 5.74) is 2.05. The van der Waals surface area contributed by atoms with Gasteiger partial charge in [0.25, 0.3) is 0 Å². The maximum Gasteiger partial charge on any atom is 0.116 e. The van der Waals surface area contributed by atoms with E-state index in [1.165, 1.54) is 0 Å². The summed E-state index contributed by atoms with van der Waals surface area (Å²) in [4.78, 5) is 8.23. The highest BCUT2D eigenvalue weighted by Crippen LogP contribution is 2.11. The van der Waals surface area contributed by atoms with Crippen LogP contribution < -0.4 is 11.7 Å². The van der Waals surface area contributed by atoms with Crippen LogP contribution in [0, 0.1) is 6.92 Å². The largest absolute Gasteiger partial charge is 0.274 e. The molecule has 1 heterocycles. The van der Waals surface area contributed by atoms with Crippen LogP contribution in [0.15, 0.2) is 30.6 Å². The van der Waals surface area contributed by atoms with Crippen molar-refractivity contribution in [3.8, 4) is 0 Å². The van der Waals surface area contributed by atoms with Crippen LogP contribution in [-0.4, -0.2) is 9.97 Å². The molecule has 0 amide bonds. The van der Waals surface area contributed by atoms with E-state index in [2.05, 4.69) is 21.7 Å². The van der Waals surface area contributed by atoms with Crippen LogP contribution in [0.1, 0.15) is 5.69 Å². The monoisotopic (exact) mass is 176 g/mol. The maximum absolute atomic E-state index is 4.13. The standard InChI is InChI=1S/C9H8N2.H4N2/c1-7-8-4-2-3-5-9(8)11-6-10-7;1-2/h2-6H,1H3;1-2H2. The molecule has 0 fully saturated rings. The average molecular weight is 176 g/mol. The van der Waals surface area contributed by atoms with Gasteiger partial charge in [0, 0.05) is 11.1 Å². The first-order valence-electron chi connectivity index (χ1n) is 3.87. The third-order valence-corrected chi connectivity index (χ3v) is 1.74. The molecule has 0 aliphatic rings. The minimum absolute atomic E-state index is 1.01. The summed E-state index contributed by atoms with van der Waals surface area (Å²) in [5.74, 6) is 8.00. The molecule has 0 unspecified atom stereocenters. The Morgan fingerprint density at radius 2 is 1.77 bits per heavy atom. The van der Waals surface area contributed by atoms with Crippen molar-refractivity contribution < 1.29 is 0 Å². The Kier molecular flexibility index (Phi) is 3.31. The number of hydrazine groups is 1. The van der Waals surface area contributed by atoms with Gasteiger partial charge in [0.1, 0.15) is 6.33 Å². The SMILES string of the molecule is Cc1ncnc2ccccc12.NN. The number of benzene rings is 1. The Morgan fingerprint density at radius 3 is 2.46 bits per heavy atom. The van der Waals surface area contributed by atoms with Gasteiger partial charge in [-0.3, -0.25) is 11.7 Å². The lowest BCUT2D eigenvalue weighted by Gasteiger charge is -1.96. The normalized spacial score (nSPS) is 9.15. The third-order valence-electron chi connectivity index (χ3n) is 1.74. The molecule has 0 atom stereocenters. The summed E-state index contributed by atoms with van der Waals surface area (Å²) in [6.07, 6.45) is 1.59. The topological polar surface area (TPSA) is 77.8 Å². The number of fused-ring (bicyclic) bond motifs is 1. The van der Waals surface area contributed by atoms with E-state index in [0.29, 0.717) is 0 Å². The predicted octanol–water partition coefficient (Wildman–Crippen LogP) is 0.757. The summed E-state index contributed by atoms with van der Waals surface area (Å²) >= 11 is 0. The van der Waals surface area contributed by atoms with Crippen molar-refractivity contribution in [3.05, 3.63) is 36.3 Å². The summed E-state index contributed by atoms with van der Waals surface area (Å²) < 4.78 is 0. The van der Waals surface area contributed by atoms with Gasteiger partial charge >= 0.3 is 0 Å². The second-order valence-electron chi connectivity index (χ2n) is 2.48. The van der Waals surface area contributed by atoms with Crippen molar-refractivity contribution in [2.24, 2.45) is 11.7 Å². The molecule has 0 aliphatic carbocycles. The van der Waals surface area contributed by atoms with E-state index < -0.39 is 0 Å². The molecule has 0 saturated carbocycles. The summed E-state index contributed by atoms with van der Waals surface area (Å²) in [6.45, 7) is 1.99. The number of aromatic nitrogens is 2. The Balaban J connectivity index is 0.000000396. The minimum atomic E-state index is 1.01.